The van der Waals surface area contributed by atoms with E-state index in [0.717, 1.165) is 28.4 Å². The van der Waals surface area contributed by atoms with Crippen molar-refractivity contribution in [1.82, 2.24) is 0 Å². The zero-order valence-electron chi connectivity index (χ0n) is 15.9. The van der Waals surface area contributed by atoms with Gasteiger partial charge in [0.25, 0.3) is 10.1 Å². The second kappa shape index (κ2) is 9.32. The van der Waals surface area contributed by atoms with E-state index in [9.17, 15) is 13.0 Å². The van der Waals surface area contributed by atoms with Gasteiger partial charge in [0.05, 0.1) is 4.90 Å². The summed E-state index contributed by atoms with van der Waals surface area (Å²) in [5.41, 5.74) is 7.23. The highest BCUT2D eigenvalue weighted by molar-refractivity contribution is 7.85. The number of hydrogen-bond donors (Lipinski definition) is 2. The Morgan fingerprint density at radius 2 is 1.68 bits per heavy atom. The van der Waals surface area contributed by atoms with Crippen molar-refractivity contribution in [1.29, 1.82) is 0 Å². The molecule has 2 rings (SSSR count). The third kappa shape index (κ3) is 6.10. The molecule has 0 aliphatic heterocycles. The molecule has 0 bridgehead atoms. The van der Waals surface area contributed by atoms with Gasteiger partial charge in [-0.25, -0.2) is 0 Å². The maximum absolute atomic E-state index is 11.4. The van der Waals surface area contributed by atoms with Crippen molar-refractivity contribution in [2.75, 3.05) is 6.54 Å². The lowest BCUT2D eigenvalue weighted by Crippen LogP contribution is -2.01. The van der Waals surface area contributed by atoms with Crippen LogP contribution in [0.3, 0.4) is 0 Å². The van der Waals surface area contributed by atoms with Gasteiger partial charge in [-0.15, -0.1) is 0 Å². The Kier molecular flexibility index (Phi) is 8.06. The van der Waals surface area contributed by atoms with Gasteiger partial charge in [-0.05, 0) is 58.8 Å². The minimum absolute atomic E-state index is 0.0328. The number of hydrogen-bond acceptors (Lipinski definition) is 3. The fourth-order valence-corrected chi connectivity index (χ4v) is 3.13. The quantitative estimate of drug-likeness (QED) is 0.724. The topological polar surface area (TPSA) is 80.4 Å². The van der Waals surface area contributed by atoms with Crippen molar-refractivity contribution in [3.8, 4) is 0 Å². The summed E-state index contributed by atoms with van der Waals surface area (Å²) in [6.45, 7) is 11.2. The van der Waals surface area contributed by atoms with Gasteiger partial charge < -0.3 is 5.73 Å². The molecule has 0 heterocycles. The van der Waals surface area contributed by atoms with E-state index in [-0.39, 0.29) is 10.8 Å². The van der Waals surface area contributed by atoms with E-state index in [1.54, 1.807) is 12.1 Å². The Morgan fingerprint density at radius 3 is 2.08 bits per heavy atom. The summed E-state index contributed by atoms with van der Waals surface area (Å²) in [5, 5.41) is 1.90. The van der Waals surface area contributed by atoms with Gasteiger partial charge in [-0.2, -0.15) is 8.42 Å². The van der Waals surface area contributed by atoms with Gasteiger partial charge in [-0.1, -0.05) is 59.2 Å². The molecule has 0 aliphatic rings. The number of benzene rings is 2. The number of nitrogens with two attached hydrogens (primary N) is 1. The van der Waals surface area contributed by atoms with Crippen LogP contribution in [0.4, 0.5) is 0 Å². The molecule has 0 aliphatic carbocycles. The molecule has 25 heavy (non-hydrogen) atoms. The minimum Gasteiger partial charge on any atom is -0.330 e. The monoisotopic (exact) mass is 365 g/mol. The van der Waals surface area contributed by atoms with E-state index in [1.165, 1.54) is 12.8 Å². The average Bonchev–Trinajstić information content (AvgIpc) is 2.53. The fourth-order valence-electron chi connectivity index (χ4n) is 2.58. The Labute approximate surface area is 152 Å². The van der Waals surface area contributed by atoms with Gasteiger partial charge in [0, 0.05) is 0 Å². The number of fused-ring (bicyclic) bond motifs is 1. The molecule has 4 nitrogen and oxygen atoms in total. The first-order valence-electron chi connectivity index (χ1n) is 8.86. The molecule has 0 atom stereocenters. The summed E-state index contributed by atoms with van der Waals surface area (Å²) >= 11 is 0. The Hall–Kier alpha value is -1.43. The van der Waals surface area contributed by atoms with E-state index in [2.05, 4.69) is 26.8 Å². The summed E-state index contributed by atoms with van der Waals surface area (Å²) in [7, 11) is -4.18. The molecule has 0 amide bonds. The van der Waals surface area contributed by atoms with E-state index in [4.69, 9.17) is 5.73 Å². The third-order valence-electron chi connectivity index (χ3n) is 4.13. The van der Waals surface area contributed by atoms with E-state index >= 15 is 0 Å². The second-order valence-corrected chi connectivity index (χ2v) is 8.34. The van der Waals surface area contributed by atoms with Crippen molar-refractivity contribution < 1.29 is 13.0 Å². The van der Waals surface area contributed by atoms with Crippen molar-refractivity contribution in [3.05, 3.63) is 41.5 Å². The normalized spacial score (nSPS) is 11.7. The third-order valence-corrected chi connectivity index (χ3v) is 4.96. The second-order valence-electron chi connectivity index (χ2n) is 6.92. The van der Waals surface area contributed by atoms with Crippen molar-refractivity contribution in [2.45, 2.75) is 64.2 Å². The van der Waals surface area contributed by atoms with Crippen LogP contribution in [-0.2, 0) is 10.1 Å². The smallest absolute Gasteiger partial charge is 0.294 e. The number of unbranched alkanes of at least 4 members (excludes halogenated alkanes) is 1. The van der Waals surface area contributed by atoms with Crippen LogP contribution in [0.25, 0.3) is 10.8 Å². The number of rotatable bonds is 5. The first-order valence-corrected chi connectivity index (χ1v) is 10.3. The van der Waals surface area contributed by atoms with Crippen LogP contribution >= 0.6 is 0 Å². The van der Waals surface area contributed by atoms with Crippen molar-refractivity contribution >= 4 is 20.9 Å². The Morgan fingerprint density at radius 1 is 1.04 bits per heavy atom. The van der Waals surface area contributed by atoms with Crippen LogP contribution in [-0.4, -0.2) is 19.5 Å². The van der Waals surface area contributed by atoms with E-state index in [1.807, 2.05) is 26.0 Å². The Bertz CT molecular complexity index is 794. The predicted molar refractivity (Wildman–Crippen MR) is 106 cm³/mol. The van der Waals surface area contributed by atoms with Crippen LogP contribution in [0, 0.1) is 0 Å². The van der Waals surface area contributed by atoms with Crippen LogP contribution in [0.2, 0.25) is 0 Å². The standard InChI is InChI=1S/C16H20O3S.C4H11N/c1-10(2)12-5-6-15-13(7-12)8-14(20(17,18)19)9-16(15)11(3)4;1-2-3-4-5/h5-11H,1-4H3,(H,17,18,19);2-5H2,1H3. The molecular formula is C20H31NO3S. The average molecular weight is 366 g/mol. The molecule has 0 saturated heterocycles. The molecule has 0 aromatic heterocycles. The molecule has 0 unspecified atom stereocenters. The first-order chi connectivity index (χ1) is 11.6. The molecule has 0 radical (unpaired) electrons. The largest absolute Gasteiger partial charge is 0.330 e. The zero-order valence-corrected chi connectivity index (χ0v) is 16.7. The highest BCUT2D eigenvalue weighted by Crippen LogP contribution is 2.31. The first kappa shape index (κ1) is 21.6. The maximum atomic E-state index is 11.4. The van der Waals surface area contributed by atoms with E-state index < -0.39 is 10.1 Å². The summed E-state index contributed by atoms with van der Waals surface area (Å²) in [4.78, 5) is -0.0328. The van der Waals surface area contributed by atoms with Gasteiger partial charge >= 0.3 is 0 Å². The van der Waals surface area contributed by atoms with Crippen molar-refractivity contribution in [2.24, 2.45) is 5.73 Å². The Balaban J connectivity index is 0.000000550. The fraction of sp³-hybridized carbons (Fsp3) is 0.500. The molecule has 0 spiro atoms. The van der Waals surface area contributed by atoms with Gasteiger partial charge in [0.15, 0.2) is 0 Å². The zero-order chi connectivity index (χ0) is 19.2. The highest BCUT2D eigenvalue weighted by Gasteiger charge is 2.15. The lowest BCUT2D eigenvalue weighted by Gasteiger charge is -2.14. The highest BCUT2D eigenvalue weighted by atomic mass is 32.2. The predicted octanol–water partition coefficient (Wildman–Crippen LogP) is 5.08. The lowest BCUT2D eigenvalue weighted by atomic mass is 9.93. The summed E-state index contributed by atoms with van der Waals surface area (Å²) in [6.07, 6.45) is 2.39. The summed E-state index contributed by atoms with van der Waals surface area (Å²) < 4.78 is 32.2. The molecule has 2 aromatic carbocycles. The maximum Gasteiger partial charge on any atom is 0.294 e. The molecular weight excluding hydrogens is 334 g/mol. The van der Waals surface area contributed by atoms with E-state index in [0.29, 0.717) is 5.92 Å². The van der Waals surface area contributed by atoms with Crippen LogP contribution in [0.5, 0.6) is 0 Å². The van der Waals surface area contributed by atoms with Gasteiger partial charge in [0.2, 0.25) is 0 Å². The van der Waals surface area contributed by atoms with Crippen LogP contribution in [0.15, 0.2) is 35.2 Å². The summed E-state index contributed by atoms with van der Waals surface area (Å²) in [6, 6.07) is 9.22. The molecule has 140 valence electrons. The van der Waals surface area contributed by atoms with Crippen molar-refractivity contribution in [3.63, 3.8) is 0 Å². The van der Waals surface area contributed by atoms with Crippen LogP contribution < -0.4 is 5.73 Å². The molecule has 0 fully saturated rings. The molecule has 3 N–H and O–H groups in total. The van der Waals surface area contributed by atoms with Gasteiger partial charge in [-0.3, -0.25) is 4.55 Å². The minimum atomic E-state index is -4.18. The molecule has 2 aromatic rings. The summed E-state index contributed by atoms with van der Waals surface area (Å²) in [5.74, 6) is 0.556. The SMILES string of the molecule is CC(C)c1ccc2c(C(C)C)cc(S(=O)(=O)O)cc2c1.CCCCN. The molecule has 0 saturated carbocycles. The lowest BCUT2D eigenvalue weighted by molar-refractivity contribution is 0.483. The van der Waals surface area contributed by atoms with Gasteiger partial charge in [0.1, 0.15) is 0 Å². The molecule has 5 heteroatoms. The van der Waals surface area contributed by atoms with Crippen LogP contribution in [0.1, 0.15) is 70.4 Å².